The highest BCUT2D eigenvalue weighted by Crippen LogP contribution is 2.26. The SMILES string of the molecule is COC1(C(=O)Nc2cccc(S(=O)(=O)Nc3nccs3)c2)CCNCC1. The second-order valence-corrected chi connectivity index (χ2v) is 8.45. The fourth-order valence-electron chi connectivity index (χ4n) is 2.79. The minimum Gasteiger partial charge on any atom is -0.368 e. The van der Waals surface area contributed by atoms with E-state index >= 15 is 0 Å². The van der Waals surface area contributed by atoms with Crippen LogP contribution in [0.4, 0.5) is 10.8 Å². The molecule has 0 bridgehead atoms. The predicted molar refractivity (Wildman–Crippen MR) is 99.8 cm³/mol. The van der Waals surface area contributed by atoms with E-state index in [-0.39, 0.29) is 15.9 Å². The highest BCUT2D eigenvalue weighted by Gasteiger charge is 2.39. The van der Waals surface area contributed by atoms with Gasteiger partial charge in [-0.3, -0.25) is 9.52 Å². The summed E-state index contributed by atoms with van der Waals surface area (Å²) < 4.78 is 32.8. The van der Waals surface area contributed by atoms with Gasteiger partial charge in [-0.05, 0) is 44.1 Å². The molecular weight excluding hydrogens is 376 g/mol. The number of rotatable bonds is 6. The number of thiazole rings is 1. The summed E-state index contributed by atoms with van der Waals surface area (Å²) in [5.74, 6) is -0.274. The number of carbonyl (C=O) groups is 1. The predicted octanol–water partition coefficient (Wildman–Crippen LogP) is 1.65. The Labute approximate surface area is 156 Å². The normalized spacial score (nSPS) is 16.8. The molecular formula is C16H20N4O4S2. The van der Waals surface area contributed by atoms with Crippen molar-refractivity contribution in [2.45, 2.75) is 23.3 Å². The van der Waals surface area contributed by atoms with Crippen molar-refractivity contribution in [3.8, 4) is 0 Å². The first-order chi connectivity index (χ1) is 12.5. The Morgan fingerprint density at radius 3 is 2.77 bits per heavy atom. The van der Waals surface area contributed by atoms with Crippen LogP contribution < -0.4 is 15.4 Å². The van der Waals surface area contributed by atoms with Crippen LogP contribution in [0.25, 0.3) is 0 Å². The summed E-state index contributed by atoms with van der Waals surface area (Å²) in [4.78, 5) is 16.7. The van der Waals surface area contributed by atoms with E-state index in [0.29, 0.717) is 31.6 Å². The molecule has 1 saturated heterocycles. The lowest BCUT2D eigenvalue weighted by Crippen LogP contribution is -2.51. The van der Waals surface area contributed by atoms with E-state index in [4.69, 9.17) is 4.74 Å². The molecule has 3 N–H and O–H groups in total. The molecule has 1 aliphatic rings. The Hall–Kier alpha value is -2.01. The number of amides is 1. The van der Waals surface area contributed by atoms with E-state index in [1.54, 1.807) is 17.5 Å². The number of hydrogen-bond donors (Lipinski definition) is 3. The van der Waals surface area contributed by atoms with Gasteiger partial charge in [-0.1, -0.05) is 6.07 Å². The lowest BCUT2D eigenvalue weighted by molar-refractivity contribution is -0.140. The van der Waals surface area contributed by atoms with Gasteiger partial charge in [0.05, 0.1) is 4.90 Å². The summed E-state index contributed by atoms with van der Waals surface area (Å²) in [6.45, 7) is 1.38. The minimum absolute atomic E-state index is 0.0438. The molecule has 1 fully saturated rings. The van der Waals surface area contributed by atoms with E-state index in [0.717, 1.165) is 0 Å². The van der Waals surface area contributed by atoms with Crippen LogP contribution in [-0.2, 0) is 19.6 Å². The summed E-state index contributed by atoms with van der Waals surface area (Å²) in [5, 5.41) is 7.93. The summed E-state index contributed by atoms with van der Waals surface area (Å²) in [5.41, 5.74) is -0.508. The zero-order chi connectivity index (χ0) is 18.6. The average Bonchev–Trinajstić information content (AvgIpc) is 3.14. The quantitative estimate of drug-likeness (QED) is 0.685. The molecule has 26 heavy (non-hydrogen) atoms. The van der Waals surface area contributed by atoms with Gasteiger partial charge in [0.15, 0.2) is 5.13 Å². The van der Waals surface area contributed by atoms with E-state index in [1.807, 2.05) is 0 Å². The summed E-state index contributed by atoms with van der Waals surface area (Å²) in [7, 11) is -2.26. The fourth-order valence-corrected chi connectivity index (χ4v) is 4.62. The molecule has 0 atom stereocenters. The number of sulfonamides is 1. The Bertz CT molecular complexity index is 862. The highest BCUT2D eigenvalue weighted by atomic mass is 32.2. The molecule has 2 heterocycles. The smallest absolute Gasteiger partial charge is 0.263 e. The van der Waals surface area contributed by atoms with Gasteiger partial charge in [0.1, 0.15) is 5.60 Å². The van der Waals surface area contributed by atoms with Crippen LogP contribution >= 0.6 is 11.3 Å². The molecule has 0 radical (unpaired) electrons. The van der Waals surface area contributed by atoms with Crippen LogP contribution in [0.1, 0.15) is 12.8 Å². The van der Waals surface area contributed by atoms with Crippen molar-refractivity contribution >= 4 is 38.1 Å². The number of carbonyl (C=O) groups excluding carboxylic acids is 1. The van der Waals surface area contributed by atoms with Crippen molar-refractivity contribution in [1.82, 2.24) is 10.3 Å². The van der Waals surface area contributed by atoms with Crippen molar-refractivity contribution in [3.63, 3.8) is 0 Å². The molecule has 140 valence electrons. The van der Waals surface area contributed by atoms with Gasteiger partial charge in [-0.25, -0.2) is 13.4 Å². The van der Waals surface area contributed by atoms with E-state index in [1.165, 1.54) is 36.8 Å². The van der Waals surface area contributed by atoms with E-state index < -0.39 is 15.6 Å². The number of benzene rings is 1. The molecule has 0 spiro atoms. The van der Waals surface area contributed by atoms with Crippen LogP contribution in [0.15, 0.2) is 40.7 Å². The second kappa shape index (κ2) is 7.70. The zero-order valence-electron chi connectivity index (χ0n) is 14.2. The third-order valence-corrected chi connectivity index (χ3v) is 6.43. The summed E-state index contributed by atoms with van der Waals surface area (Å²) >= 11 is 1.19. The summed E-state index contributed by atoms with van der Waals surface area (Å²) in [6, 6.07) is 6.10. The monoisotopic (exact) mass is 396 g/mol. The van der Waals surface area contributed by atoms with Gasteiger partial charge in [0.25, 0.3) is 15.9 Å². The lowest BCUT2D eigenvalue weighted by atomic mass is 9.91. The number of aromatic nitrogens is 1. The molecule has 0 unspecified atom stereocenters. The molecule has 10 heteroatoms. The van der Waals surface area contributed by atoms with Gasteiger partial charge in [-0.15, -0.1) is 11.3 Å². The molecule has 2 aromatic rings. The maximum absolute atomic E-state index is 12.7. The maximum Gasteiger partial charge on any atom is 0.263 e. The van der Waals surface area contributed by atoms with Crippen molar-refractivity contribution in [2.24, 2.45) is 0 Å². The number of piperidine rings is 1. The number of methoxy groups -OCH3 is 1. The van der Waals surface area contributed by atoms with Crippen LogP contribution in [0, 0.1) is 0 Å². The molecule has 8 nitrogen and oxygen atoms in total. The number of hydrogen-bond acceptors (Lipinski definition) is 7. The minimum atomic E-state index is -3.78. The molecule has 0 aliphatic carbocycles. The molecule has 3 rings (SSSR count). The number of nitrogens with one attached hydrogen (secondary N) is 3. The number of ether oxygens (including phenoxy) is 1. The topological polar surface area (TPSA) is 109 Å². The first-order valence-corrected chi connectivity index (χ1v) is 10.4. The Morgan fingerprint density at radius 1 is 1.35 bits per heavy atom. The largest absolute Gasteiger partial charge is 0.368 e. The van der Waals surface area contributed by atoms with Gasteiger partial charge in [0.2, 0.25) is 0 Å². The van der Waals surface area contributed by atoms with Crippen molar-refractivity contribution < 1.29 is 17.9 Å². The van der Waals surface area contributed by atoms with Crippen LogP contribution in [0.5, 0.6) is 0 Å². The first-order valence-electron chi connectivity index (χ1n) is 8.05. The Morgan fingerprint density at radius 2 is 2.12 bits per heavy atom. The van der Waals surface area contributed by atoms with Crippen LogP contribution in [0.3, 0.4) is 0 Å². The molecule has 1 aromatic carbocycles. The Kier molecular flexibility index (Phi) is 5.56. The van der Waals surface area contributed by atoms with Gasteiger partial charge >= 0.3 is 0 Å². The third kappa shape index (κ3) is 4.04. The average molecular weight is 396 g/mol. The van der Waals surface area contributed by atoms with Crippen molar-refractivity contribution in [2.75, 3.05) is 30.2 Å². The van der Waals surface area contributed by atoms with Crippen molar-refractivity contribution in [3.05, 3.63) is 35.8 Å². The van der Waals surface area contributed by atoms with Crippen LogP contribution in [0.2, 0.25) is 0 Å². The van der Waals surface area contributed by atoms with E-state index in [2.05, 4.69) is 20.3 Å². The number of anilines is 2. The van der Waals surface area contributed by atoms with Crippen LogP contribution in [-0.4, -0.2) is 45.1 Å². The molecule has 1 aliphatic heterocycles. The lowest BCUT2D eigenvalue weighted by Gasteiger charge is -2.34. The molecule has 0 saturated carbocycles. The molecule has 1 amide bonds. The van der Waals surface area contributed by atoms with Gasteiger partial charge < -0.3 is 15.4 Å². The summed E-state index contributed by atoms with van der Waals surface area (Å²) in [6.07, 6.45) is 2.63. The zero-order valence-corrected chi connectivity index (χ0v) is 15.8. The van der Waals surface area contributed by atoms with Crippen molar-refractivity contribution in [1.29, 1.82) is 0 Å². The molecule has 1 aromatic heterocycles. The third-order valence-electron chi connectivity index (χ3n) is 4.27. The number of nitrogens with zero attached hydrogens (tertiary/aromatic N) is 1. The Balaban J connectivity index is 1.78. The second-order valence-electron chi connectivity index (χ2n) is 5.87. The standard InChI is InChI=1S/C16H20N4O4S2/c1-24-16(5-7-17-8-6-16)14(21)19-12-3-2-4-13(11-12)26(22,23)20-15-18-9-10-25-15/h2-4,9-11,17H,5-8H2,1H3,(H,18,20)(H,19,21). The van der Waals surface area contributed by atoms with Gasteiger partial charge in [0, 0.05) is 24.4 Å². The van der Waals surface area contributed by atoms with Gasteiger partial charge in [-0.2, -0.15) is 0 Å². The maximum atomic E-state index is 12.7. The van der Waals surface area contributed by atoms with E-state index in [9.17, 15) is 13.2 Å². The first kappa shape index (κ1) is 18.8. The highest BCUT2D eigenvalue weighted by molar-refractivity contribution is 7.93. The fraction of sp³-hybridized carbons (Fsp3) is 0.375.